The molecule has 0 aromatic rings. The third-order valence-electron chi connectivity index (χ3n) is 4.37. The molecule has 0 radical (unpaired) electrons. The van der Waals surface area contributed by atoms with E-state index in [2.05, 4.69) is 41.8 Å². The van der Waals surface area contributed by atoms with Crippen molar-refractivity contribution < 1.29 is 4.39 Å². The molecule has 19 heavy (non-hydrogen) atoms. The lowest BCUT2D eigenvalue weighted by Crippen LogP contribution is -2.39. The number of rotatable bonds is 2. The summed E-state index contributed by atoms with van der Waals surface area (Å²) < 4.78 is 13.3. The highest BCUT2D eigenvalue weighted by atomic mass is 79.9. The van der Waals surface area contributed by atoms with Crippen molar-refractivity contribution in [1.29, 1.82) is 0 Å². The van der Waals surface area contributed by atoms with E-state index in [4.69, 9.17) is 0 Å². The average Bonchev–Trinajstić information content (AvgIpc) is 2.54. The zero-order chi connectivity index (χ0) is 14.4. The van der Waals surface area contributed by atoms with Crippen LogP contribution >= 0.6 is 15.9 Å². The van der Waals surface area contributed by atoms with E-state index in [9.17, 15) is 4.39 Å². The van der Waals surface area contributed by atoms with Crippen molar-refractivity contribution in [2.75, 3.05) is 13.6 Å². The fraction of sp³-hybridized carbons (Fsp3) is 0.667. The first-order valence-electron chi connectivity index (χ1n) is 6.74. The fourth-order valence-corrected chi connectivity index (χ4v) is 4.66. The summed E-state index contributed by atoms with van der Waals surface area (Å²) >= 11 is 3.71. The number of alkyl halides is 1. The zero-order valence-electron chi connectivity index (χ0n) is 12.2. The number of allylic oxidation sites excluding steroid dienone is 4. The van der Waals surface area contributed by atoms with Crippen molar-refractivity contribution in [3.05, 3.63) is 23.6 Å². The normalized spacial score (nSPS) is 36.8. The van der Waals surface area contributed by atoms with Gasteiger partial charge in [0.05, 0.1) is 4.32 Å². The molecule has 2 aliphatic rings. The van der Waals surface area contributed by atoms with Gasteiger partial charge in [-0.05, 0) is 38.8 Å². The maximum atomic E-state index is 13.6. The van der Waals surface area contributed by atoms with Gasteiger partial charge in [-0.25, -0.2) is 4.39 Å². The Morgan fingerprint density at radius 1 is 1.53 bits per heavy atom. The van der Waals surface area contributed by atoms with Crippen molar-refractivity contribution in [2.24, 2.45) is 22.9 Å². The molecule has 4 atom stereocenters. The number of hydrogen-bond acceptors (Lipinski definition) is 2. The van der Waals surface area contributed by atoms with Crippen molar-refractivity contribution in [3.8, 4) is 0 Å². The van der Waals surface area contributed by atoms with E-state index in [0.29, 0.717) is 11.8 Å². The molecule has 1 aliphatic heterocycles. The van der Waals surface area contributed by atoms with Gasteiger partial charge in [-0.1, -0.05) is 28.4 Å². The smallest absolute Gasteiger partial charge is 0.120 e. The quantitative estimate of drug-likeness (QED) is 0.695. The van der Waals surface area contributed by atoms with Gasteiger partial charge < -0.3 is 0 Å². The molecular weight excluding hydrogens is 307 g/mol. The van der Waals surface area contributed by atoms with Gasteiger partial charge in [0.2, 0.25) is 0 Å². The molecule has 1 heterocycles. The molecule has 0 saturated heterocycles. The molecule has 2 nitrogen and oxygen atoms in total. The Labute approximate surface area is 123 Å². The van der Waals surface area contributed by atoms with E-state index in [1.807, 2.05) is 19.0 Å². The Bertz CT molecular complexity index is 465. The number of hydrazone groups is 1. The van der Waals surface area contributed by atoms with Crippen LogP contribution in [0.1, 0.15) is 27.7 Å². The lowest BCUT2D eigenvalue weighted by molar-refractivity contribution is 0.261. The second-order valence-electron chi connectivity index (χ2n) is 6.09. The maximum absolute atomic E-state index is 13.6. The van der Waals surface area contributed by atoms with Crippen LogP contribution in [0.5, 0.6) is 0 Å². The molecule has 106 valence electrons. The van der Waals surface area contributed by atoms with Crippen LogP contribution in [0, 0.1) is 17.8 Å². The molecule has 2 rings (SSSR count). The number of halogens is 2. The van der Waals surface area contributed by atoms with Gasteiger partial charge in [-0.15, -0.1) is 0 Å². The van der Waals surface area contributed by atoms with Crippen LogP contribution in [0.15, 0.2) is 28.7 Å². The molecule has 4 unspecified atom stereocenters. The Morgan fingerprint density at radius 2 is 2.16 bits per heavy atom. The van der Waals surface area contributed by atoms with Crippen molar-refractivity contribution in [3.63, 3.8) is 0 Å². The standard InChI is InChI=1S/C15H22BrFN2/c1-9-6-12(17)7-15(4,16)14(9)10(2)13-8-19(5)18-11(13)3/h6-7,10,13-14H,8H2,1-5H3. The number of nitrogens with zero attached hydrogens (tertiary/aromatic N) is 2. The third-order valence-corrected chi connectivity index (χ3v) is 5.09. The van der Waals surface area contributed by atoms with Gasteiger partial charge in [0.15, 0.2) is 0 Å². The van der Waals surface area contributed by atoms with Crippen LogP contribution in [0.2, 0.25) is 0 Å². The highest BCUT2D eigenvalue weighted by molar-refractivity contribution is 9.10. The summed E-state index contributed by atoms with van der Waals surface area (Å²) in [7, 11) is 2.01. The molecular formula is C15H22BrFN2. The highest BCUT2D eigenvalue weighted by Crippen LogP contribution is 2.46. The summed E-state index contributed by atoms with van der Waals surface area (Å²) in [5, 5.41) is 6.50. The van der Waals surface area contributed by atoms with Gasteiger partial charge in [0.1, 0.15) is 5.83 Å². The average molecular weight is 329 g/mol. The van der Waals surface area contributed by atoms with Gasteiger partial charge in [-0.2, -0.15) is 5.10 Å². The molecule has 0 saturated carbocycles. The van der Waals surface area contributed by atoms with E-state index in [1.165, 1.54) is 5.71 Å². The minimum absolute atomic E-state index is 0.144. The van der Waals surface area contributed by atoms with Crippen LogP contribution in [-0.4, -0.2) is 28.6 Å². The van der Waals surface area contributed by atoms with Crippen molar-refractivity contribution in [2.45, 2.75) is 32.0 Å². The lowest BCUT2D eigenvalue weighted by atomic mass is 9.70. The van der Waals surface area contributed by atoms with E-state index in [-0.39, 0.29) is 16.1 Å². The van der Waals surface area contributed by atoms with Crippen molar-refractivity contribution >= 4 is 21.6 Å². The second-order valence-corrected chi connectivity index (χ2v) is 7.80. The second kappa shape index (κ2) is 5.04. The third kappa shape index (κ3) is 2.78. The SMILES string of the molecule is CC1=CC(F)=CC(C)(Br)C1C(C)C1CN(C)N=C1C. The molecule has 0 aromatic carbocycles. The summed E-state index contributed by atoms with van der Waals surface area (Å²) in [6, 6.07) is 0. The molecule has 0 bridgehead atoms. The largest absolute Gasteiger partial charge is 0.299 e. The minimum Gasteiger partial charge on any atom is -0.299 e. The molecule has 0 amide bonds. The summed E-state index contributed by atoms with van der Waals surface area (Å²) in [6.07, 6.45) is 3.35. The summed E-state index contributed by atoms with van der Waals surface area (Å²) in [6.45, 7) is 9.37. The maximum Gasteiger partial charge on any atom is 0.120 e. The first kappa shape index (κ1) is 14.8. The van der Waals surface area contributed by atoms with Crippen LogP contribution in [0.4, 0.5) is 4.39 Å². The van der Waals surface area contributed by atoms with Crippen LogP contribution < -0.4 is 0 Å². The zero-order valence-corrected chi connectivity index (χ0v) is 13.8. The van der Waals surface area contributed by atoms with E-state index < -0.39 is 0 Å². The topological polar surface area (TPSA) is 15.6 Å². The Hall–Kier alpha value is -0.640. The summed E-state index contributed by atoms with van der Waals surface area (Å²) in [5.74, 6) is 0.992. The van der Waals surface area contributed by atoms with E-state index >= 15 is 0 Å². The van der Waals surface area contributed by atoms with Crippen LogP contribution in [-0.2, 0) is 0 Å². The van der Waals surface area contributed by atoms with E-state index in [1.54, 1.807) is 12.2 Å². The van der Waals surface area contributed by atoms with Gasteiger partial charge in [0.25, 0.3) is 0 Å². The van der Waals surface area contributed by atoms with Crippen LogP contribution in [0.3, 0.4) is 0 Å². The van der Waals surface area contributed by atoms with Crippen LogP contribution in [0.25, 0.3) is 0 Å². The summed E-state index contributed by atoms with van der Waals surface area (Å²) in [4.78, 5) is 0. The predicted octanol–water partition coefficient (Wildman–Crippen LogP) is 4.14. The molecule has 1 aliphatic carbocycles. The van der Waals surface area contributed by atoms with E-state index in [0.717, 1.165) is 12.1 Å². The highest BCUT2D eigenvalue weighted by Gasteiger charge is 2.42. The molecule has 4 heteroatoms. The predicted molar refractivity (Wildman–Crippen MR) is 82.2 cm³/mol. The summed E-state index contributed by atoms with van der Waals surface area (Å²) in [5.41, 5.74) is 2.29. The Balaban J connectivity index is 2.27. The molecule has 0 fully saturated rings. The number of hydrogen-bond donors (Lipinski definition) is 0. The van der Waals surface area contributed by atoms with Gasteiger partial charge in [-0.3, -0.25) is 5.01 Å². The monoisotopic (exact) mass is 328 g/mol. The molecule has 0 spiro atoms. The van der Waals surface area contributed by atoms with Gasteiger partial charge >= 0.3 is 0 Å². The Kier molecular flexibility index (Phi) is 3.92. The first-order chi connectivity index (χ1) is 8.72. The minimum atomic E-state index is -0.323. The van der Waals surface area contributed by atoms with Crippen molar-refractivity contribution in [1.82, 2.24) is 5.01 Å². The first-order valence-corrected chi connectivity index (χ1v) is 7.53. The molecule has 0 aromatic heterocycles. The van der Waals surface area contributed by atoms with Gasteiger partial charge in [0, 0.05) is 31.1 Å². The molecule has 0 N–H and O–H groups in total. The Morgan fingerprint density at radius 3 is 2.63 bits per heavy atom. The lowest BCUT2D eigenvalue weighted by Gasteiger charge is -2.40. The fourth-order valence-electron chi connectivity index (χ4n) is 3.66.